The Labute approximate surface area is 215 Å². The van der Waals surface area contributed by atoms with Crippen LogP contribution in [-0.2, 0) is 22.4 Å². The van der Waals surface area contributed by atoms with E-state index in [0.717, 1.165) is 55.4 Å². The van der Waals surface area contributed by atoms with Gasteiger partial charge in [-0.3, -0.25) is 9.59 Å². The summed E-state index contributed by atoms with van der Waals surface area (Å²) in [5.41, 5.74) is 1.36. The number of nitrogens with zero attached hydrogens (tertiary/aromatic N) is 2. The van der Waals surface area contributed by atoms with E-state index in [4.69, 9.17) is 0 Å². The van der Waals surface area contributed by atoms with Crippen LogP contribution >= 0.6 is 11.3 Å². The second-order valence-corrected chi connectivity index (χ2v) is 12.5. The summed E-state index contributed by atoms with van der Waals surface area (Å²) in [5.74, 6) is 0.138. The molecule has 194 valence electrons. The second kappa shape index (κ2) is 11.9. The highest BCUT2D eigenvalue weighted by Gasteiger charge is 2.41. The van der Waals surface area contributed by atoms with Gasteiger partial charge in [0.1, 0.15) is 11.1 Å². The van der Waals surface area contributed by atoms with Gasteiger partial charge in [-0.2, -0.15) is 5.26 Å². The number of anilines is 1. The highest BCUT2D eigenvalue weighted by atomic mass is 32.1. The SMILES string of the molecule is CCC(CC)C(=O)Nc1sc2c(c1C#N)CCC(N(C(=O)C1CCCCC1)C(CO)C(C)(C)C)C2. The third kappa shape index (κ3) is 6.09. The number of thiophene rings is 1. The Morgan fingerprint density at radius 3 is 2.37 bits per heavy atom. The Balaban J connectivity index is 1.91. The first kappa shape index (κ1) is 27.7. The maximum absolute atomic E-state index is 13.9. The van der Waals surface area contributed by atoms with Crippen molar-refractivity contribution in [1.29, 1.82) is 5.26 Å². The van der Waals surface area contributed by atoms with Crippen molar-refractivity contribution in [3.8, 4) is 6.07 Å². The molecule has 2 amide bonds. The molecule has 0 aliphatic heterocycles. The van der Waals surface area contributed by atoms with E-state index in [0.29, 0.717) is 23.4 Å². The fraction of sp³-hybridized carbons (Fsp3) is 0.750. The normalized spacial score (nSPS) is 19.7. The smallest absolute Gasteiger partial charge is 0.228 e. The van der Waals surface area contributed by atoms with E-state index in [1.54, 1.807) is 0 Å². The molecule has 2 unspecified atom stereocenters. The minimum atomic E-state index is -0.257. The Morgan fingerprint density at radius 1 is 1.17 bits per heavy atom. The number of aliphatic hydroxyl groups is 1. The molecule has 1 saturated carbocycles. The number of amides is 2. The highest BCUT2D eigenvalue weighted by molar-refractivity contribution is 7.16. The molecular weight excluding hydrogens is 458 g/mol. The van der Waals surface area contributed by atoms with Crippen molar-refractivity contribution in [3.63, 3.8) is 0 Å². The lowest BCUT2D eigenvalue weighted by atomic mass is 9.80. The summed E-state index contributed by atoms with van der Waals surface area (Å²) in [6.07, 6.45) is 8.91. The third-order valence-electron chi connectivity index (χ3n) is 8.05. The lowest BCUT2D eigenvalue weighted by Crippen LogP contribution is -2.57. The largest absolute Gasteiger partial charge is 0.394 e. The van der Waals surface area contributed by atoms with Crippen LogP contribution in [0.1, 0.15) is 102 Å². The predicted octanol–water partition coefficient (Wildman–Crippen LogP) is 5.67. The van der Waals surface area contributed by atoms with Crippen LogP contribution in [0.2, 0.25) is 0 Å². The first-order valence-electron chi connectivity index (χ1n) is 13.4. The van der Waals surface area contributed by atoms with Crippen LogP contribution in [0.5, 0.6) is 0 Å². The van der Waals surface area contributed by atoms with Gasteiger partial charge in [-0.05, 0) is 49.5 Å². The van der Waals surface area contributed by atoms with Gasteiger partial charge in [-0.15, -0.1) is 11.3 Å². The van der Waals surface area contributed by atoms with Crippen LogP contribution in [0, 0.1) is 28.6 Å². The standard InChI is InChI=1S/C28H43N3O3S/c1-6-18(7-2)25(33)30-26-22(16-29)21-14-13-20(15-23(21)35-26)31(24(17-32)28(3,4)5)27(34)19-11-9-8-10-12-19/h18-20,24,32H,6-15,17H2,1-5H3,(H,30,33). The van der Waals surface area contributed by atoms with Gasteiger partial charge in [-0.1, -0.05) is 53.9 Å². The van der Waals surface area contributed by atoms with Crippen molar-refractivity contribution in [2.45, 2.75) is 111 Å². The van der Waals surface area contributed by atoms with Gasteiger partial charge >= 0.3 is 0 Å². The summed E-state index contributed by atoms with van der Waals surface area (Å²) in [7, 11) is 0. The molecule has 0 bridgehead atoms. The molecule has 2 atom stereocenters. The number of hydrogen-bond donors (Lipinski definition) is 2. The maximum atomic E-state index is 13.9. The summed E-state index contributed by atoms with van der Waals surface area (Å²) < 4.78 is 0. The zero-order valence-corrected chi connectivity index (χ0v) is 23.0. The molecule has 0 radical (unpaired) electrons. The van der Waals surface area contributed by atoms with Crippen LogP contribution < -0.4 is 5.32 Å². The second-order valence-electron chi connectivity index (χ2n) is 11.4. The molecule has 1 aromatic heterocycles. The predicted molar refractivity (Wildman–Crippen MR) is 141 cm³/mol. The summed E-state index contributed by atoms with van der Waals surface area (Å²) in [4.78, 5) is 29.7. The summed E-state index contributed by atoms with van der Waals surface area (Å²) >= 11 is 1.49. The van der Waals surface area contributed by atoms with Crippen LogP contribution in [-0.4, -0.2) is 40.5 Å². The molecule has 35 heavy (non-hydrogen) atoms. The average Bonchev–Trinajstić information content (AvgIpc) is 3.18. The fourth-order valence-electron chi connectivity index (χ4n) is 5.81. The topological polar surface area (TPSA) is 93.4 Å². The molecule has 0 aromatic carbocycles. The molecule has 6 nitrogen and oxygen atoms in total. The molecule has 2 N–H and O–H groups in total. The van der Waals surface area contributed by atoms with Gasteiger partial charge in [0.2, 0.25) is 11.8 Å². The lowest BCUT2D eigenvalue weighted by Gasteiger charge is -2.46. The minimum absolute atomic E-state index is 0.0129. The molecule has 7 heteroatoms. The monoisotopic (exact) mass is 501 g/mol. The van der Waals surface area contributed by atoms with E-state index in [9.17, 15) is 20.0 Å². The number of hydrogen-bond acceptors (Lipinski definition) is 5. The van der Waals surface area contributed by atoms with Gasteiger partial charge in [0, 0.05) is 29.2 Å². The molecule has 1 heterocycles. The zero-order valence-electron chi connectivity index (χ0n) is 22.2. The average molecular weight is 502 g/mol. The van der Waals surface area contributed by atoms with E-state index in [-0.39, 0.29) is 47.8 Å². The molecular formula is C28H43N3O3S. The third-order valence-corrected chi connectivity index (χ3v) is 9.22. The number of aliphatic hydroxyl groups excluding tert-OH is 1. The first-order chi connectivity index (χ1) is 16.7. The molecule has 2 aliphatic carbocycles. The van der Waals surface area contributed by atoms with Crippen LogP contribution in [0.3, 0.4) is 0 Å². The van der Waals surface area contributed by atoms with Crippen LogP contribution in [0.4, 0.5) is 5.00 Å². The van der Waals surface area contributed by atoms with E-state index in [1.807, 2.05) is 18.7 Å². The molecule has 1 aromatic rings. The Hall–Kier alpha value is -1.91. The van der Waals surface area contributed by atoms with E-state index >= 15 is 0 Å². The molecule has 2 aliphatic rings. The lowest BCUT2D eigenvalue weighted by molar-refractivity contribution is -0.147. The summed E-state index contributed by atoms with van der Waals surface area (Å²) in [6.45, 7) is 10.2. The summed E-state index contributed by atoms with van der Waals surface area (Å²) in [5, 5.41) is 24.0. The molecule has 1 fully saturated rings. The fourth-order valence-corrected chi connectivity index (χ4v) is 7.09. The number of nitrogens with one attached hydrogen (secondary N) is 1. The van der Waals surface area contributed by atoms with E-state index < -0.39 is 0 Å². The van der Waals surface area contributed by atoms with Crippen LogP contribution in [0.25, 0.3) is 0 Å². The van der Waals surface area contributed by atoms with Crippen molar-refractivity contribution < 1.29 is 14.7 Å². The number of carbonyl (C=O) groups excluding carboxylic acids is 2. The van der Waals surface area contributed by atoms with Crippen molar-refractivity contribution in [3.05, 3.63) is 16.0 Å². The van der Waals surface area contributed by atoms with Gasteiger partial charge in [0.05, 0.1) is 18.2 Å². The quantitative estimate of drug-likeness (QED) is 0.480. The number of fused-ring (bicyclic) bond motifs is 1. The molecule has 0 saturated heterocycles. The van der Waals surface area contributed by atoms with Crippen molar-refractivity contribution >= 4 is 28.2 Å². The Kier molecular flexibility index (Phi) is 9.40. The maximum Gasteiger partial charge on any atom is 0.228 e. The van der Waals surface area contributed by atoms with E-state index in [1.165, 1.54) is 17.8 Å². The minimum Gasteiger partial charge on any atom is -0.394 e. The molecule has 3 rings (SSSR count). The van der Waals surface area contributed by atoms with Gasteiger partial charge in [0.15, 0.2) is 0 Å². The van der Waals surface area contributed by atoms with E-state index in [2.05, 4.69) is 32.2 Å². The van der Waals surface area contributed by atoms with Crippen molar-refractivity contribution in [2.24, 2.45) is 17.3 Å². The van der Waals surface area contributed by atoms with Crippen LogP contribution in [0.15, 0.2) is 0 Å². The van der Waals surface area contributed by atoms with Crippen molar-refractivity contribution in [2.75, 3.05) is 11.9 Å². The first-order valence-corrected chi connectivity index (χ1v) is 14.3. The van der Waals surface area contributed by atoms with Crippen molar-refractivity contribution in [1.82, 2.24) is 4.90 Å². The number of nitriles is 1. The highest BCUT2D eigenvalue weighted by Crippen LogP contribution is 2.41. The zero-order chi connectivity index (χ0) is 25.8. The van der Waals surface area contributed by atoms with Gasteiger partial charge in [-0.25, -0.2) is 0 Å². The van der Waals surface area contributed by atoms with Gasteiger partial charge in [0.25, 0.3) is 0 Å². The molecule has 0 spiro atoms. The number of carbonyl (C=O) groups is 2. The Morgan fingerprint density at radius 2 is 1.83 bits per heavy atom. The Bertz CT molecular complexity index is 932. The summed E-state index contributed by atoms with van der Waals surface area (Å²) in [6, 6.07) is 2.07. The number of rotatable bonds is 8. The van der Waals surface area contributed by atoms with Gasteiger partial charge < -0.3 is 15.3 Å².